The predicted octanol–water partition coefficient (Wildman–Crippen LogP) is 1.24. The topological polar surface area (TPSA) is 51.5 Å². The molecule has 1 heterocycles. The van der Waals surface area contributed by atoms with Crippen LogP contribution in [0.4, 0.5) is 0 Å². The summed E-state index contributed by atoms with van der Waals surface area (Å²) in [7, 11) is 1.28. The van der Waals surface area contributed by atoms with Crippen LogP contribution in [0.2, 0.25) is 0 Å². The summed E-state index contributed by atoms with van der Waals surface area (Å²) in [5.74, 6) is -0.471. The van der Waals surface area contributed by atoms with Crippen molar-refractivity contribution in [2.75, 3.05) is 7.11 Å². The first-order chi connectivity index (χ1) is 5.65. The van der Waals surface area contributed by atoms with E-state index in [-0.39, 0.29) is 4.64 Å². The van der Waals surface area contributed by atoms with E-state index in [0.717, 1.165) is 4.73 Å². The molecule has 0 atom stereocenters. The third-order valence-electron chi connectivity index (χ3n) is 1.32. The van der Waals surface area contributed by atoms with Crippen LogP contribution in [-0.2, 0) is 4.74 Å². The number of carbonyl (C=O) groups is 1. The van der Waals surface area contributed by atoms with Gasteiger partial charge in [-0.2, -0.15) is 4.73 Å². The molecule has 0 fully saturated rings. The Labute approximate surface area is 74.0 Å². The standard InChI is InChI=1S/C7H7NO3S/c1-11-7(9)5-2-3-8(10)6(12)4-5/h2-4,10H,1H3. The lowest BCUT2D eigenvalue weighted by atomic mass is 10.3. The fourth-order valence-electron chi connectivity index (χ4n) is 0.716. The lowest BCUT2D eigenvalue weighted by molar-refractivity contribution is 0.0599. The van der Waals surface area contributed by atoms with Gasteiger partial charge in [0.15, 0.2) is 0 Å². The van der Waals surface area contributed by atoms with E-state index in [2.05, 4.69) is 4.74 Å². The Morgan fingerprint density at radius 2 is 2.42 bits per heavy atom. The lowest BCUT2D eigenvalue weighted by Gasteiger charge is -1.99. The van der Waals surface area contributed by atoms with Crippen LogP contribution < -0.4 is 0 Å². The Morgan fingerprint density at radius 1 is 1.75 bits per heavy atom. The first-order valence-electron chi connectivity index (χ1n) is 3.15. The van der Waals surface area contributed by atoms with Gasteiger partial charge in [0.2, 0.25) is 0 Å². The largest absolute Gasteiger partial charge is 0.465 e. The zero-order valence-corrected chi connectivity index (χ0v) is 7.17. The minimum atomic E-state index is -0.471. The molecule has 12 heavy (non-hydrogen) atoms. The van der Waals surface area contributed by atoms with Gasteiger partial charge >= 0.3 is 5.97 Å². The minimum Gasteiger partial charge on any atom is -0.465 e. The summed E-state index contributed by atoms with van der Waals surface area (Å²) in [6.45, 7) is 0. The molecule has 0 bridgehead atoms. The molecule has 1 N–H and O–H groups in total. The Morgan fingerprint density at radius 3 is 2.92 bits per heavy atom. The van der Waals surface area contributed by atoms with Crippen LogP contribution >= 0.6 is 12.2 Å². The van der Waals surface area contributed by atoms with Gasteiger partial charge in [0.1, 0.15) is 4.64 Å². The third-order valence-corrected chi connectivity index (χ3v) is 1.63. The zero-order chi connectivity index (χ0) is 9.14. The number of hydrogen-bond donors (Lipinski definition) is 1. The van der Waals surface area contributed by atoms with Gasteiger partial charge in [-0.05, 0) is 12.1 Å². The molecule has 64 valence electrons. The van der Waals surface area contributed by atoms with Crippen molar-refractivity contribution in [1.82, 2.24) is 4.73 Å². The van der Waals surface area contributed by atoms with E-state index in [4.69, 9.17) is 17.4 Å². The second-order valence-corrected chi connectivity index (χ2v) is 2.51. The van der Waals surface area contributed by atoms with Crippen molar-refractivity contribution >= 4 is 18.2 Å². The van der Waals surface area contributed by atoms with Crippen molar-refractivity contribution in [2.24, 2.45) is 0 Å². The molecule has 0 aromatic carbocycles. The maximum atomic E-state index is 10.9. The van der Waals surface area contributed by atoms with Crippen LogP contribution in [0.25, 0.3) is 0 Å². The quantitative estimate of drug-likeness (QED) is 0.406. The Bertz CT molecular complexity index is 358. The van der Waals surface area contributed by atoms with Gasteiger partial charge in [-0.25, -0.2) is 4.79 Å². The number of esters is 1. The van der Waals surface area contributed by atoms with Crippen molar-refractivity contribution < 1.29 is 14.7 Å². The van der Waals surface area contributed by atoms with Gasteiger partial charge in [-0.15, -0.1) is 0 Å². The molecule has 0 aliphatic heterocycles. The third kappa shape index (κ3) is 1.62. The highest BCUT2D eigenvalue weighted by molar-refractivity contribution is 7.71. The van der Waals surface area contributed by atoms with Crippen molar-refractivity contribution in [3.05, 3.63) is 28.5 Å². The fourth-order valence-corrected chi connectivity index (χ4v) is 0.904. The number of methoxy groups -OCH3 is 1. The molecular weight excluding hydrogens is 178 g/mol. The number of hydrogen-bond acceptors (Lipinski definition) is 4. The number of carbonyl (C=O) groups excluding carboxylic acids is 1. The fraction of sp³-hybridized carbons (Fsp3) is 0.143. The smallest absolute Gasteiger partial charge is 0.338 e. The molecule has 1 aromatic heterocycles. The summed E-state index contributed by atoms with van der Waals surface area (Å²) in [5, 5.41) is 8.96. The van der Waals surface area contributed by atoms with Crippen LogP contribution in [0.15, 0.2) is 18.3 Å². The molecule has 0 unspecified atom stereocenters. The number of aromatic nitrogens is 1. The molecule has 5 heteroatoms. The first-order valence-corrected chi connectivity index (χ1v) is 3.56. The van der Waals surface area contributed by atoms with E-state index in [9.17, 15) is 4.79 Å². The van der Waals surface area contributed by atoms with Gasteiger partial charge < -0.3 is 9.94 Å². The average Bonchev–Trinajstić information content (AvgIpc) is 2.08. The van der Waals surface area contributed by atoms with E-state index in [1.165, 1.54) is 25.4 Å². The SMILES string of the molecule is COC(=O)c1ccn(O)c(=S)c1. The summed E-state index contributed by atoms with van der Waals surface area (Å²) >= 11 is 4.71. The zero-order valence-electron chi connectivity index (χ0n) is 6.35. The molecule has 1 rings (SSSR count). The summed E-state index contributed by atoms with van der Waals surface area (Å²) in [4.78, 5) is 10.9. The Kier molecular flexibility index (Phi) is 2.44. The summed E-state index contributed by atoms with van der Waals surface area (Å²) < 4.78 is 5.37. The van der Waals surface area contributed by atoms with Crippen molar-refractivity contribution in [3.63, 3.8) is 0 Å². The van der Waals surface area contributed by atoms with Gasteiger partial charge in [-0.1, -0.05) is 12.2 Å². The predicted molar refractivity (Wildman–Crippen MR) is 43.8 cm³/mol. The molecule has 0 saturated heterocycles. The summed E-state index contributed by atoms with van der Waals surface area (Å²) in [5.41, 5.74) is 0.327. The van der Waals surface area contributed by atoms with Crippen LogP contribution in [-0.4, -0.2) is 23.0 Å². The highest BCUT2D eigenvalue weighted by Gasteiger charge is 2.04. The van der Waals surface area contributed by atoms with E-state index >= 15 is 0 Å². The second-order valence-electron chi connectivity index (χ2n) is 2.09. The van der Waals surface area contributed by atoms with E-state index in [0.29, 0.717) is 5.56 Å². The molecule has 0 amide bonds. The van der Waals surface area contributed by atoms with E-state index < -0.39 is 5.97 Å². The summed E-state index contributed by atoms with van der Waals surface area (Å²) in [6, 6.07) is 2.78. The molecule has 0 radical (unpaired) electrons. The second kappa shape index (κ2) is 3.36. The van der Waals surface area contributed by atoms with E-state index in [1.807, 2.05) is 0 Å². The average molecular weight is 185 g/mol. The number of rotatable bonds is 1. The van der Waals surface area contributed by atoms with Crippen molar-refractivity contribution in [1.29, 1.82) is 0 Å². The highest BCUT2D eigenvalue weighted by atomic mass is 32.1. The number of nitrogens with zero attached hydrogens (tertiary/aromatic N) is 1. The lowest BCUT2D eigenvalue weighted by Crippen LogP contribution is -2.03. The van der Waals surface area contributed by atoms with E-state index in [1.54, 1.807) is 0 Å². The molecule has 0 aliphatic rings. The normalized spacial score (nSPS) is 9.42. The van der Waals surface area contributed by atoms with Crippen molar-refractivity contribution in [2.45, 2.75) is 0 Å². The van der Waals surface area contributed by atoms with Gasteiger partial charge in [0, 0.05) is 6.20 Å². The van der Waals surface area contributed by atoms with Crippen LogP contribution in [0, 0.1) is 4.64 Å². The van der Waals surface area contributed by atoms with Gasteiger partial charge in [-0.3, -0.25) is 0 Å². The Balaban J connectivity index is 3.13. The van der Waals surface area contributed by atoms with Crippen LogP contribution in [0.3, 0.4) is 0 Å². The first kappa shape index (κ1) is 8.73. The van der Waals surface area contributed by atoms with Crippen LogP contribution in [0.1, 0.15) is 10.4 Å². The monoisotopic (exact) mass is 185 g/mol. The van der Waals surface area contributed by atoms with Crippen LogP contribution in [0.5, 0.6) is 0 Å². The molecule has 1 aromatic rings. The van der Waals surface area contributed by atoms with Gasteiger partial charge in [0.25, 0.3) is 0 Å². The Hall–Kier alpha value is -1.36. The highest BCUT2D eigenvalue weighted by Crippen LogP contribution is 2.01. The minimum absolute atomic E-state index is 0.165. The van der Waals surface area contributed by atoms with Gasteiger partial charge in [0.05, 0.1) is 12.7 Å². The molecule has 0 saturated carbocycles. The number of ether oxygens (including phenoxy) is 1. The molecule has 0 aliphatic carbocycles. The molecule has 4 nitrogen and oxygen atoms in total. The molecule has 0 spiro atoms. The maximum Gasteiger partial charge on any atom is 0.338 e. The number of pyridine rings is 1. The molecular formula is C7H7NO3S. The van der Waals surface area contributed by atoms with Crippen molar-refractivity contribution in [3.8, 4) is 0 Å². The summed E-state index contributed by atoms with van der Waals surface area (Å²) in [6.07, 6.45) is 1.29. The maximum absolute atomic E-state index is 10.9.